The second kappa shape index (κ2) is 10.2. The highest BCUT2D eigenvalue weighted by Gasteiger charge is 2.14. The second-order valence-corrected chi connectivity index (χ2v) is 7.30. The van der Waals surface area contributed by atoms with Gasteiger partial charge in [0.2, 0.25) is 11.8 Å². The van der Waals surface area contributed by atoms with Crippen LogP contribution in [0.4, 0.5) is 5.69 Å². The number of amides is 2. The highest BCUT2D eigenvalue weighted by atomic mass is 35.5. The fraction of sp³-hybridized carbons (Fsp3) is 0.300. The number of rotatable bonds is 8. The molecule has 6 heteroatoms. The molecule has 0 atom stereocenters. The average Bonchev–Trinajstić information content (AvgIpc) is 2.63. The summed E-state index contributed by atoms with van der Waals surface area (Å²) in [5, 5.41) is 3.49. The van der Waals surface area contributed by atoms with Gasteiger partial charge < -0.3 is 10.2 Å². The maximum absolute atomic E-state index is 12.4. The molecule has 2 aromatic rings. The Labute approximate surface area is 163 Å². The van der Waals surface area contributed by atoms with Crippen LogP contribution in [0.3, 0.4) is 0 Å². The van der Waals surface area contributed by atoms with E-state index in [4.69, 9.17) is 11.6 Å². The number of halogens is 1. The third-order valence-corrected chi connectivity index (χ3v) is 5.13. The van der Waals surface area contributed by atoms with Crippen molar-refractivity contribution in [3.63, 3.8) is 0 Å². The fourth-order valence-electron chi connectivity index (χ4n) is 2.36. The molecule has 0 heterocycles. The lowest BCUT2D eigenvalue weighted by Crippen LogP contribution is -2.32. The minimum Gasteiger partial charge on any atom is -0.338 e. The van der Waals surface area contributed by atoms with Crippen molar-refractivity contribution in [3.05, 3.63) is 64.7 Å². The van der Waals surface area contributed by atoms with Crippen molar-refractivity contribution >= 4 is 40.9 Å². The van der Waals surface area contributed by atoms with Crippen LogP contribution in [0.1, 0.15) is 18.1 Å². The number of nitrogens with one attached hydrogen (secondary N) is 1. The van der Waals surface area contributed by atoms with E-state index in [0.29, 0.717) is 18.1 Å². The van der Waals surface area contributed by atoms with Crippen molar-refractivity contribution < 1.29 is 9.59 Å². The molecular weight excluding hydrogens is 368 g/mol. The Hall–Kier alpha value is -1.98. The van der Waals surface area contributed by atoms with E-state index in [9.17, 15) is 9.59 Å². The van der Waals surface area contributed by atoms with Crippen molar-refractivity contribution in [1.82, 2.24) is 4.90 Å². The number of nitrogens with zero attached hydrogens (tertiary/aromatic N) is 1. The quantitative estimate of drug-likeness (QED) is 0.728. The van der Waals surface area contributed by atoms with E-state index in [1.54, 1.807) is 4.90 Å². The zero-order chi connectivity index (χ0) is 18.9. The Kier molecular flexibility index (Phi) is 8.01. The highest BCUT2D eigenvalue weighted by molar-refractivity contribution is 8.00. The molecule has 0 aliphatic rings. The molecule has 2 aromatic carbocycles. The third kappa shape index (κ3) is 6.39. The zero-order valence-corrected chi connectivity index (χ0v) is 16.6. The first-order valence-electron chi connectivity index (χ1n) is 8.45. The normalized spacial score (nSPS) is 10.4. The molecule has 0 fully saturated rings. The topological polar surface area (TPSA) is 49.4 Å². The number of carbonyl (C=O) groups excluding carboxylic acids is 2. The molecule has 2 rings (SSSR count). The monoisotopic (exact) mass is 390 g/mol. The van der Waals surface area contributed by atoms with E-state index >= 15 is 0 Å². The molecule has 0 aliphatic heterocycles. The molecule has 0 radical (unpaired) electrons. The zero-order valence-electron chi connectivity index (χ0n) is 15.0. The van der Waals surface area contributed by atoms with Crippen molar-refractivity contribution in [3.8, 4) is 0 Å². The average molecular weight is 391 g/mol. The van der Waals surface area contributed by atoms with E-state index in [1.807, 2.05) is 62.4 Å². The van der Waals surface area contributed by atoms with Gasteiger partial charge >= 0.3 is 0 Å². The summed E-state index contributed by atoms with van der Waals surface area (Å²) in [4.78, 5) is 26.1. The standard InChI is InChI=1S/C20H23ClN2O2S/c1-3-23(12-16-6-4-5-7-18(16)21)20(25)14-26-13-19(24)22-17-10-8-15(2)9-11-17/h4-11H,3,12-14H2,1-2H3,(H,22,24). The maximum Gasteiger partial charge on any atom is 0.234 e. The van der Waals surface area contributed by atoms with Gasteiger partial charge in [-0.05, 0) is 37.6 Å². The van der Waals surface area contributed by atoms with Crippen LogP contribution >= 0.6 is 23.4 Å². The first kappa shape index (κ1) is 20.3. The largest absolute Gasteiger partial charge is 0.338 e. The number of anilines is 1. The lowest BCUT2D eigenvalue weighted by atomic mass is 10.2. The summed E-state index contributed by atoms with van der Waals surface area (Å²) in [6, 6.07) is 15.1. The van der Waals surface area contributed by atoms with E-state index in [0.717, 1.165) is 16.8 Å². The van der Waals surface area contributed by atoms with Gasteiger partial charge in [0.15, 0.2) is 0 Å². The molecule has 4 nitrogen and oxygen atoms in total. The van der Waals surface area contributed by atoms with Gasteiger partial charge in [-0.2, -0.15) is 0 Å². The summed E-state index contributed by atoms with van der Waals surface area (Å²) in [7, 11) is 0. The third-order valence-electron chi connectivity index (χ3n) is 3.85. The number of hydrogen-bond donors (Lipinski definition) is 1. The Bertz CT molecular complexity index is 750. The molecule has 0 spiro atoms. The Morgan fingerprint density at radius 2 is 1.77 bits per heavy atom. The van der Waals surface area contributed by atoms with Crippen LogP contribution in [0.25, 0.3) is 0 Å². The van der Waals surface area contributed by atoms with Gasteiger partial charge in [-0.3, -0.25) is 9.59 Å². The second-order valence-electron chi connectivity index (χ2n) is 5.91. The van der Waals surface area contributed by atoms with Crippen LogP contribution < -0.4 is 5.32 Å². The van der Waals surface area contributed by atoms with Gasteiger partial charge in [-0.1, -0.05) is 47.5 Å². The molecule has 138 valence electrons. The summed E-state index contributed by atoms with van der Waals surface area (Å²) in [6.07, 6.45) is 0. The Morgan fingerprint density at radius 1 is 1.08 bits per heavy atom. The van der Waals surface area contributed by atoms with Gasteiger partial charge in [-0.15, -0.1) is 11.8 Å². The van der Waals surface area contributed by atoms with Gasteiger partial charge in [0.25, 0.3) is 0 Å². The van der Waals surface area contributed by atoms with Crippen LogP contribution in [-0.4, -0.2) is 34.8 Å². The molecule has 0 bridgehead atoms. The van der Waals surface area contributed by atoms with Crippen molar-refractivity contribution in [2.24, 2.45) is 0 Å². The molecule has 0 aliphatic carbocycles. The molecule has 26 heavy (non-hydrogen) atoms. The number of thioether (sulfide) groups is 1. The Balaban J connectivity index is 1.78. The van der Waals surface area contributed by atoms with Crippen molar-refractivity contribution in [1.29, 1.82) is 0 Å². The Morgan fingerprint density at radius 3 is 2.42 bits per heavy atom. The highest BCUT2D eigenvalue weighted by Crippen LogP contribution is 2.17. The summed E-state index contributed by atoms with van der Waals surface area (Å²) in [6.45, 7) is 5.00. The van der Waals surface area contributed by atoms with E-state index in [2.05, 4.69) is 5.32 Å². The minimum absolute atomic E-state index is 0.000514. The van der Waals surface area contributed by atoms with Crippen molar-refractivity contribution in [2.75, 3.05) is 23.4 Å². The summed E-state index contributed by atoms with van der Waals surface area (Å²) in [5.41, 5.74) is 2.83. The minimum atomic E-state index is -0.110. The van der Waals surface area contributed by atoms with E-state index in [1.165, 1.54) is 11.8 Å². The van der Waals surface area contributed by atoms with Crippen LogP contribution in [0, 0.1) is 6.92 Å². The number of hydrogen-bond acceptors (Lipinski definition) is 3. The van der Waals surface area contributed by atoms with Crippen LogP contribution in [0.5, 0.6) is 0 Å². The van der Waals surface area contributed by atoms with Gasteiger partial charge in [0.05, 0.1) is 11.5 Å². The molecule has 1 N–H and O–H groups in total. The van der Waals surface area contributed by atoms with Crippen LogP contribution in [0.2, 0.25) is 5.02 Å². The summed E-state index contributed by atoms with van der Waals surface area (Å²) < 4.78 is 0. The smallest absolute Gasteiger partial charge is 0.234 e. The molecule has 0 aromatic heterocycles. The molecule has 0 unspecified atom stereocenters. The first-order chi connectivity index (χ1) is 12.5. The predicted octanol–water partition coefficient (Wildman–Crippen LogP) is 4.37. The van der Waals surface area contributed by atoms with Crippen LogP contribution in [-0.2, 0) is 16.1 Å². The van der Waals surface area contributed by atoms with E-state index < -0.39 is 0 Å². The lowest BCUT2D eigenvalue weighted by molar-refractivity contribution is -0.128. The predicted molar refractivity (Wildman–Crippen MR) is 110 cm³/mol. The SMILES string of the molecule is CCN(Cc1ccccc1Cl)C(=O)CSCC(=O)Nc1ccc(C)cc1. The number of aryl methyl sites for hydroxylation is 1. The summed E-state index contributed by atoms with van der Waals surface area (Å²) in [5.74, 6) is 0.393. The lowest BCUT2D eigenvalue weighted by Gasteiger charge is -2.21. The van der Waals surface area contributed by atoms with E-state index in [-0.39, 0.29) is 23.3 Å². The summed E-state index contributed by atoms with van der Waals surface area (Å²) >= 11 is 7.48. The van der Waals surface area contributed by atoms with Gasteiger partial charge in [-0.25, -0.2) is 0 Å². The molecule has 0 saturated carbocycles. The van der Waals surface area contributed by atoms with Gasteiger partial charge in [0.1, 0.15) is 0 Å². The van der Waals surface area contributed by atoms with Gasteiger partial charge in [0, 0.05) is 23.8 Å². The van der Waals surface area contributed by atoms with Crippen LogP contribution in [0.15, 0.2) is 48.5 Å². The molecular formula is C20H23ClN2O2S. The first-order valence-corrected chi connectivity index (χ1v) is 9.98. The van der Waals surface area contributed by atoms with Crippen molar-refractivity contribution in [2.45, 2.75) is 20.4 Å². The molecule has 2 amide bonds. The maximum atomic E-state index is 12.4. The molecule has 0 saturated heterocycles. The fourth-order valence-corrected chi connectivity index (χ4v) is 3.28. The number of benzene rings is 2. The number of carbonyl (C=O) groups is 2.